The first-order valence-electron chi connectivity index (χ1n) is 7.27. The monoisotopic (exact) mass is 339 g/mol. The van der Waals surface area contributed by atoms with Gasteiger partial charge in [0.25, 0.3) is 0 Å². The zero-order valence-electron chi connectivity index (χ0n) is 12.0. The van der Waals surface area contributed by atoms with Crippen LogP contribution in [-0.4, -0.2) is 36.4 Å². The van der Waals surface area contributed by atoms with Gasteiger partial charge < -0.3 is 4.74 Å². The molecule has 1 fully saturated rings. The number of carbonyl (C=O) groups is 1. The predicted molar refractivity (Wildman–Crippen MR) is 84.1 cm³/mol. The van der Waals surface area contributed by atoms with Crippen molar-refractivity contribution in [3.05, 3.63) is 28.7 Å². The van der Waals surface area contributed by atoms with Gasteiger partial charge in [0.1, 0.15) is 18.1 Å². The van der Waals surface area contributed by atoms with Gasteiger partial charge in [-0.25, -0.2) is 0 Å². The van der Waals surface area contributed by atoms with Crippen LogP contribution in [0.25, 0.3) is 0 Å². The van der Waals surface area contributed by atoms with E-state index < -0.39 is 0 Å². The molecule has 1 aromatic rings. The van der Waals surface area contributed by atoms with Gasteiger partial charge in [-0.2, -0.15) is 0 Å². The summed E-state index contributed by atoms with van der Waals surface area (Å²) >= 11 is 3.44. The Morgan fingerprint density at radius 3 is 3.05 bits per heavy atom. The molecule has 0 bridgehead atoms. The third kappa shape index (κ3) is 4.91. The van der Waals surface area contributed by atoms with Gasteiger partial charge in [0.05, 0.1) is 0 Å². The van der Waals surface area contributed by atoms with Gasteiger partial charge in [-0.15, -0.1) is 0 Å². The molecule has 3 nitrogen and oxygen atoms in total. The van der Waals surface area contributed by atoms with Crippen LogP contribution in [0.3, 0.4) is 0 Å². The van der Waals surface area contributed by atoms with E-state index in [-0.39, 0.29) is 5.78 Å². The minimum atomic E-state index is 0.287. The quantitative estimate of drug-likeness (QED) is 0.792. The number of carbonyl (C=O) groups excluding carboxylic acids is 1. The van der Waals surface area contributed by atoms with E-state index in [4.69, 9.17) is 4.74 Å². The SMILES string of the molecule is CC(=O)CC1CCCCN1CCOc1cccc(Br)c1. The predicted octanol–water partition coefficient (Wildman–Crippen LogP) is 3.66. The molecule has 2 rings (SSSR count). The van der Waals surface area contributed by atoms with E-state index in [0.717, 1.165) is 29.7 Å². The molecule has 0 aliphatic carbocycles. The molecular weight excluding hydrogens is 318 g/mol. The normalized spacial score (nSPS) is 19.8. The number of ketones is 1. The average Bonchev–Trinajstić information content (AvgIpc) is 2.40. The standard InChI is InChI=1S/C16H22BrNO2/c1-13(19)11-15-6-2-3-8-18(15)9-10-20-16-7-4-5-14(17)12-16/h4-5,7,12,15H,2-3,6,8-11H2,1H3. The Morgan fingerprint density at radius 1 is 1.45 bits per heavy atom. The van der Waals surface area contributed by atoms with Crippen LogP contribution in [0.5, 0.6) is 5.75 Å². The molecule has 110 valence electrons. The molecule has 0 spiro atoms. The Bertz CT molecular complexity index is 450. The third-order valence-corrected chi connectivity index (χ3v) is 4.21. The fraction of sp³-hybridized carbons (Fsp3) is 0.562. The van der Waals surface area contributed by atoms with Gasteiger partial charge in [-0.3, -0.25) is 9.69 Å². The second-order valence-electron chi connectivity index (χ2n) is 5.40. The number of piperidine rings is 1. The maximum absolute atomic E-state index is 11.3. The molecule has 1 aliphatic rings. The van der Waals surface area contributed by atoms with Crippen molar-refractivity contribution in [1.29, 1.82) is 0 Å². The second-order valence-corrected chi connectivity index (χ2v) is 6.31. The molecule has 4 heteroatoms. The maximum Gasteiger partial charge on any atom is 0.131 e. The van der Waals surface area contributed by atoms with Crippen LogP contribution in [0.15, 0.2) is 28.7 Å². The Morgan fingerprint density at radius 2 is 2.30 bits per heavy atom. The lowest BCUT2D eigenvalue weighted by Crippen LogP contribution is -2.42. The Balaban J connectivity index is 1.80. The summed E-state index contributed by atoms with van der Waals surface area (Å²) < 4.78 is 6.82. The number of rotatable bonds is 6. The van der Waals surface area contributed by atoms with Crippen molar-refractivity contribution in [1.82, 2.24) is 4.90 Å². The van der Waals surface area contributed by atoms with Crippen LogP contribution in [-0.2, 0) is 4.79 Å². The Labute approximate surface area is 129 Å². The molecule has 1 saturated heterocycles. The summed E-state index contributed by atoms with van der Waals surface area (Å²) in [6, 6.07) is 8.31. The lowest BCUT2D eigenvalue weighted by Gasteiger charge is -2.35. The average molecular weight is 340 g/mol. The van der Waals surface area contributed by atoms with E-state index in [1.807, 2.05) is 24.3 Å². The number of halogens is 1. The highest BCUT2D eigenvalue weighted by Crippen LogP contribution is 2.21. The molecule has 0 radical (unpaired) electrons. The maximum atomic E-state index is 11.3. The first-order chi connectivity index (χ1) is 9.65. The Kier molecular flexibility index (Phi) is 6.05. The highest BCUT2D eigenvalue weighted by atomic mass is 79.9. The van der Waals surface area contributed by atoms with Gasteiger partial charge in [-0.05, 0) is 44.5 Å². The van der Waals surface area contributed by atoms with E-state index in [0.29, 0.717) is 19.1 Å². The van der Waals surface area contributed by atoms with Crippen molar-refractivity contribution >= 4 is 21.7 Å². The van der Waals surface area contributed by atoms with Crippen molar-refractivity contribution < 1.29 is 9.53 Å². The highest BCUT2D eigenvalue weighted by Gasteiger charge is 2.23. The molecule has 20 heavy (non-hydrogen) atoms. The van der Waals surface area contributed by atoms with E-state index in [2.05, 4.69) is 20.8 Å². The van der Waals surface area contributed by atoms with Crippen molar-refractivity contribution in [2.75, 3.05) is 19.7 Å². The summed E-state index contributed by atoms with van der Waals surface area (Å²) in [6.45, 7) is 4.33. The summed E-state index contributed by atoms with van der Waals surface area (Å²) in [6.07, 6.45) is 4.28. The van der Waals surface area contributed by atoms with Crippen LogP contribution < -0.4 is 4.74 Å². The zero-order chi connectivity index (χ0) is 14.4. The fourth-order valence-electron chi connectivity index (χ4n) is 2.75. The lowest BCUT2D eigenvalue weighted by atomic mass is 9.98. The van der Waals surface area contributed by atoms with Crippen LogP contribution in [0.1, 0.15) is 32.6 Å². The number of nitrogens with zero attached hydrogens (tertiary/aromatic N) is 1. The van der Waals surface area contributed by atoms with Gasteiger partial charge in [0, 0.05) is 23.5 Å². The molecule has 1 heterocycles. The molecule has 0 saturated carbocycles. The molecular formula is C16H22BrNO2. The first-order valence-corrected chi connectivity index (χ1v) is 8.06. The zero-order valence-corrected chi connectivity index (χ0v) is 13.6. The number of Topliss-reactive ketones (excluding diaryl/α,β-unsaturated/α-hetero) is 1. The van der Waals surface area contributed by atoms with E-state index in [9.17, 15) is 4.79 Å². The van der Waals surface area contributed by atoms with Crippen LogP contribution in [0.4, 0.5) is 0 Å². The summed E-state index contributed by atoms with van der Waals surface area (Å²) in [4.78, 5) is 13.7. The van der Waals surface area contributed by atoms with Gasteiger partial charge in [0.15, 0.2) is 0 Å². The minimum Gasteiger partial charge on any atom is -0.492 e. The van der Waals surface area contributed by atoms with E-state index >= 15 is 0 Å². The number of benzene rings is 1. The fourth-order valence-corrected chi connectivity index (χ4v) is 3.13. The molecule has 1 aliphatic heterocycles. The number of ether oxygens (including phenoxy) is 1. The second kappa shape index (κ2) is 7.79. The molecule has 0 aromatic heterocycles. The third-order valence-electron chi connectivity index (χ3n) is 3.72. The summed E-state index contributed by atoms with van der Waals surface area (Å²) in [5.74, 6) is 1.18. The number of hydrogen-bond donors (Lipinski definition) is 0. The van der Waals surface area contributed by atoms with Crippen molar-refractivity contribution in [2.45, 2.75) is 38.6 Å². The number of likely N-dealkylation sites (tertiary alicyclic amines) is 1. The molecule has 0 amide bonds. The van der Waals surface area contributed by atoms with Crippen molar-refractivity contribution in [3.63, 3.8) is 0 Å². The summed E-state index contributed by atoms with van der Waals surface area (Å²) in [5, 5.41) is 0. The van der Waals surface area contributed by atoms with Crippen molar-refractivity contribution in [3.8, 4) is 5.75 Å². The summed E-state index contributed by atoms with van der Waals surface area (Å²) in [5.41, 5.74) is 0. The van der Waals surface area contributed by atoms with Crippen LogP contribution in [0.2, 0.25) is 0 Å². The molecule has 1 atom stereocenters. The lowest BCUT2D eigenvalue weighted by molar-refractivity contribution is -0.118. The topological polar surface area (TPSA) is 29.5 Å². The number of hydrogen-bond acceptors (Lipinski definition) is 3. The highest BCUT2D eigenvalue weighted by molar-refractivity contribution is 9.10. The molecule has 0 N–H and O–H groups in total. The van der Waals surface area contributed by atoms with Crippen LogP contribution >= 0.6 is 15.9 Å². The summed E-state index contributed by atoms with van der Waals surface area (Å²) in [7, 11) is 0. The smallest absolute Gasteiger partial charge is 0.131 e. The van der Waals surface area contributed by atoms with Gasteiger partial charge in [-0.1, -0.05) is 28.4 Å². The largest absolute Gasteiger partial charge is 0.492 e. The Hall–Kier alpha value is -0.870. The molecule has 1 unspecified atom stereocenters. The van der Waals surface area contributed by atoms with E-state index in [1.54, 1.807) is 6.92 Å². The minimum absolute atomic E-state index is 0.287. The van der Waals surface area contributed by atoms with Gasteiger partial charge >= 0.3 is 0 Å². The van der Waals surface area contributed by atoms with Crippen LogP contribution in [0, 0.1) is 0 Å². The first kappa shape index (κ1) is 15.5. The van der Waals surface area contributed by atoms with Crippen molar-refractivity contribution in [2.24, 2.45) is 0 Å². The molecule has 1 aromatic carbocycles. The van der Waals surface area contributed by atoms with Gasteiger partial charge in [0.2, 0.25) is 0 Å². The van der Waals surface area contributed by atoms with E-state index in [1.165, 1.54) is 12.8 Å².